The zero-order valence-corrected chi connectivity index (χ0v) is 15.3. The van der Waals surface area contributed by atoms with Crippen molar-refractivity contribution in [3.63, 3.8) is 0 Å². The fourth-order valence-electron chi connectivity index (χ4n) is 1.24. The highest BCUT2D eigenvalue weighted by atomic mass is 28.5. The van der Waals surface area contributed by atoms with Gasteiger partial charge in [0.2, 0.25) is 0 Å². The predicted molar refractivity (Wildman–Crippen MR) is 79.9 cm³/mol. The lowest BCUT2D eigenvalue weighted by Crippen LogP contribution is -2.45. The van der Waals surface area contributed by atoms with Gasteiger partial charge in [0.25, 0.3) is 0 Å². The summed E-state index contributed by atoms with van der Waals surface area (Å²) in [5, 5.41) is 7.84. The van der Waals surface area contributed by atoms with E-state index < -0.39 is 22.8 Å². The SMILES string of the molecule is C=CCC(=O)O.C[SiH2]O[Si](C)(C)O[Si](C)(C)C. The van der Waals surface area contributed by atoms with Gasteiger partial charge in [-0.3, -0.25) is 4.79 Å². The molecule has 0 saturated heterocycles. The van der Waals surface area contributed by atoms with Gasteiger partial charge in [-0.05, 0) is 32.7 Å². The molecule has 102 valence electrons. The van der Waals surface area contributed by atoms with Crippen LogP contribution in [0.15, 0.2) is 12.7 Å². The van der Waals surface area contributed by atoms with Gasteiger partial charge in [-0.1, -0.05) is 12.6 Å². The summed E-state index contributed by atoms with van der Waals surface area (Å²) in [5.74, 6) is -0.829. The lowest BCUT2D eigenvalue weighted by Gasteiger charge is -2.30. The Morgan fingerprint density at radius 3 is 2.00 bits per heavy atom. The topological polar surface area (TPSA) is 55.8 Å². The molecular weight excluding hydrogens is 268 g/mol. The molecule has 0 radical (unpaired) electrons. The van der Waals surface area contributed by atoms with Gasteiger partial charge in [-0.25, -0.2) is 0 Å². The van der Waals surface area contributed by atoms with Gasteiger partial charge >= 0.3 is 14.5 Å². The van der Waals surface area contributed by atoms with E-state index in [0.717, 1.165) is 0 Å². The lowest BCUT2D eigenvalue weighted by atomic mass is 10.4. The molecule has 0 aliphatic rings. The van der Waals surface area contributed by atoms with Crippen molar-refractivity contribution in [1.82, 2.24) is 0 Å². The summed E-state index contributed by atoms with van der Waals surface area (Å²) < 4.78 is 11.7. The van der Waals surface area contributed by atoms with E-state index in [-0.39, 0.29) is 16.2 Å². The van der Waals surface area contributed by atoms with Crippen LogP contribution in [0.2, 0.25) is 39.3 Å². The smallest absolute Gasteiger partial charge is 0.310 e. The van der Waals surface area contributed by atoms with Gasteiger partial charge in [-0.2, -0.15) is 0 Å². The summed E-state index contributed by atoms with van der Waals surface area (Å²) in [4.78, 5) is 9.53. The summed E-state index contributed by atoms with van der Waals surface area (Å²) in [6.45, 7) is 16.3. The lowest BCUT2D eigenvalue weighted by molar-refractivity contribution is -0.135. The molecule has 0 heterocycles. The van der Waals surface area contributed by atoms with Crippen LogP contribution in [-0.2, 0) is 13.0 Å². The van der Waals surface area contributed by atoms with Crippen LogP contribution < -0.4 is 0 Å². The normalized spacial score (nSPS) is 12.1. The third kappa shape index (κ3) is 18.3. The van der Waals surface area contributed by atoms with Crippen LogP contribution in [0.25, 0.3) is 0 Å². The Balaban J connectivity index is 0. The second kappa shape index (κ2) is 8.81. The van der Waals surface area contributed by atoms with Crippen molar-refractivity contribution in [3.05, 3.63) is 12.7 Å². The van der Waals surface area contributed by atoms with E-state index in [1.54, 1.807) is 0 Å². The number of hydrogen-bond acceptors (Lipinski definition) is 3. The highest BCUT2D eigenvalue weighted by Crippen LogP contribution is 2.14. The molecule has 1 N–H and O–H groups in total. The van der Waals surface area contributed by atoms with E-state index in [4.69, 9.17) is 13.3 Å². The highest BCUT2D eigenvalue weighted by Gasteiger charge is 2.30. The van der Waals surface area contributed by atoms with Gasteiger partial charge in [-0.15, -0.1) is 6.58 Å². The average molecular weight is 295 g/mol. The summed E-state index contributed by atoms with van der Waals surface area (Å²) in [7, 11) is -3.39. The number of carboxylic acids is 1. The van der Waals surface area contributed by atoms with E-state index in [2.05, 4.69) is 45.9 Å². The van der Waals surface area contributed by atoms with E-state index in [9.17, 15) is 4.79 Å². The first kappa shape index (κ1) is 19.1. The molecule has 0 aliphatic carbocycles. The van der Waals surface area contributed by atoms with E-state index in [1.807, 2.05) is 0 Å². The minimum atomic E-state index is -1.72. The molecule has 0 atom stereocenters. The minimum absolute atomic E-state index is 0.0556. The van der Waals surface area contributed by atoms with E-state index in [1.165, 1.54) is 6.08 Å². The average Bonchev–Trinajstić information content (AvgIpc) is 1.98. The number of hydrogen-bond donors (Lipinski definition) is 1. The van der Waals surface area contributed by atoms with Crippen LogP contribution in [-0.4, -0.2) is 37.7 Å². The van der Waals surface area contributed by atoms with Crippen LogP contribution in [0.5, 0.6) is 0 Å². The van der Waals surface area contributed by atoms with Gasteiger partial charge in [0.1, 0.15) is 9.76 Å². The van der Waals surface area contributed by atoms with Crippen molar-refractivity contribution in [2.45, 2.75) is 45.7 Å². The van der Waals surface area contributed by atoms with Gasteiger partial charge in [0.15, 0.2) is 8.32 Å². The number of carboxylic acid groups (broad SMARTS) is 1. The van der Waals surface area contributed by atoms with Crippen LogP contribution in [0.4, 0.5) is 0 Å². The summed E-state index contributed by atoms with van der Waals surface area (Å²) in [6.07, 6.45) is 1.41. The molecule has 0 bridgehead atoms. The summed E-state index contributed by atoms with van der Waals surface area (Å²) in [5.41, 5.74) is 0. The van der Waals surface area contributed by atoms with Gasteiger partial charge in [0, 0.05) is 0 Å². The number of rotatable bonds is 6. The van der Waals surface area contributed by atoms with E-state index >= 15 is 0 Å². The largest absolute Gasteiger partial charge is 0.481 e. The Kier molecular flexibility index (Phi) is 9.91. The van der Waals surface area contributed by atoms with Crippen LogP contribution in [0, 0.1) is 0 Å². The zero-order valence-electron chi connectivity index (χ0n) is 11.9. The van der Waals surface area contributed by atoms with Crippen molar-refractivity contribution in [1.29, 1.82) is 0 Å². The van der Waals surface area contributed by atoms with Crippen LogP contribution in [0.3, 0.4) is 0 Å². The molecule has 0 aromatic heterocycles. The number of aliphatic carboxylic acids is 1. The zero-order chi connectivity index (χ0) is 14.1. The molecule has 0 aromatic carbocycles. The second-order valence-electron chi connectivity index (χ2n) is 4.93. The van der Waals surface area contributed by atoms with Crippen LogP contribution >= 0.6 is 0 Å². The molecule has 0 saturated carbocycles. The number of carbonyl (C=O) groups is 1. The first-order valence-corrected chi connectivity index (χ1v) is 13.9. The van der Waals surface area contributed by atoms with Gasteiger partial charge < -0.3 is 13.3 Å². The summed E-state index contributed by atoms with van der Waals surface area (Å²) in [6, 6.07) is 0. The van der Waals surface area contributed by atoms with Crippen molar-refractivity contribution in [2.24, 2.45) is 0 Å². The first-order valence-electron chi connectivity index (χ1n) is 5.71. The Bertz CT molecular complexity index is 236. The maximum Gasteiger partial charge on any atom is 0.310 e. The fourth-order valence-corrected chi connectivity index (χ4v) is 10.7. The molecule has 4 nitrogen and oxygen atoms in total. The van der Waals surface area contributed by atoms with Crippen molar-refractivity contribution in [3.8, 4) is 0 Å². The van der Waals surface area contributed by atoms with Crippen LogP contribution in [0.1, 0.15) is 6.42 Å². The molecule has 0 spiro atoms. The predicted octanol–water partition coefficient (Wildman–Crippen LogP) is 2.34. The molecule has 17 heavy (non-hydrogen) atoms. The maximum atomic E-state index is 9.53. The standard InChI is InChI=1S/C6H20O2Si3.C4H6O2/c1-9-7-11(5,6)8-10(2,3)4;1-2-3-4(5)6/h9H2,1-6H3;2H,1,3H2,(H,5,6). The molecular formula is C10H26O4Si3. The molecule has 0 aliphatic heterocycles. The third-order valence-corrected chi connectivity index (χ3v) is 9.71. The molecule has 7 heteroatoms. The molecule has 0 amide bonds. The monoisotopic (exact) mass is 294 g/mol. The van der Waals surface area contributed by atoms with Gasteiger partial charge in [0.05, 0.1) is 6.42 Å². The Morgan fingerprint density at radius 2 is 1.82 bits per heavy atom. The second-order valence-corrected chi connectivity index (χ2v) is 14.5. The summed E-state index contributed by atoms with van der Waals surface area (Å²) >= 11 is 0. The quantitative estimate of drug-likeness (QED) is 0.603. The maximum absolute atomic E-state index is 9.53. The highest BCUT2D eigenvalue weighted by molar-refractivity contribution is 6.82. The molecule has 0 fully saturated rings. The fraction of sp³-hybridized carbons (Fsp3) is 0.700. The van der Waals surface area contributed by atoms with E-state index in [0.29, 0.717) is 0 Å². The molecule has 0 rings (SSSR count). The Hall–Kier alpha value is -0.219. The minimum Gasteiger partial charge on any atom is -0.481 e. The van der Waals surface area contributed by atoms with Crippen molar-refractivity contribution < 1.29 is 18.1 Å². The molecule has 0 unspecified atom stereocenters. The first-order chi connectivity index (χ1) is 7.54. The third-order valence-electron chi connectivity index (χ3n) is 1.36. The van der Waals surface area contributed by atoms with Crippen molar-refractivity contribution in [2.75, 3.05) is 0 Å². The Labute approximate surface area is 109 Å². The van der Waals surface area contributed by atoms with Crippen molar-refractivity contribution >= 4 is 32.6 Å². The molecule has 0 aromatic rings. The Morgan fingerprint density at radius 1 is 1.35 bits per heavy atom.